The highest BCUT2D eigenvalue weighted by Crippen LogP contribution is 2.20. The molecule has 0 unspecified atom stereocenters. The number of sulfonamides is 1. The van der Waals surface area contributed by atoms with Crippen LogP contribution < -0.4 is 9.62 Å². The zero-order valence-electron chi connectivity index (χ0n) is 21.0. The van der Waals surface area contributed by atoms with Gasteiger partial charge < -0.3 is 10.2 Å². The van der Waals surface area contributed by atoms with Crippen molar-refractivity contribution in [3.8, 4) is 0 Å². The van der Waals surface area contributed by atoms with Gasteiger partial charge in [-0.3, -0.25) is 13.9 Å². The van der Waals surface area contributed by atoms with Crippen LogP contribution in [0.25, 0.3) is 0 Å². The number of amides is 2. The minimum atomic E-state index is -3.55. The number of unbranched alkanes of at least 4 members (excludes halogenated alkanes) is 1. The molecule has 2 rings (SSSR count). The number of anilines is 1. The molecular weight excluding hydrogens is 469 g/mol. The van der Waals surface area contributed by atoms with E-state index in [1.54, 1.807) is 37.3 Å². The van der Waals surface area contributed by atoms with Crippen LogP contribution in [0.5, 0.6) is 0 Å². The molecule has 0 aliphatic carbocycles. The van der Waals surface area contributed by atoms with Crippen molar-refractivity contribution in [3.63, 3.8) is 0 Å². The number of halogens is 1. The number of carbonyl (C=O) groups is 2. The topological polar surface area (TPSA) is 86.8 Å². The fourth-order valence-electron chi connectivity index (χ4n) is 3.64. The summed E-state index contributed by atoms with van der Waals surface area (Å²) >= 11 is 0. The summed E-state index contributed by atoms with van der Waals surface area (Å²) in [5, 5.41) is 2.83. The lowest BCUT2D eigenvalue weighted by Crippen LogP contribution is -2.48. The van der Waals surface area contributed by atoms with Gasteiger partial charge in [0.15, 0.2) is 0 Å². The van der Waals surface area contributed by atoms with Crippen molar-refractivity contribution >= 4 is 27.5 Å². The van der Waals surface area contributed by atoms with Crippen LogP contribution in [0, 0.1) is 12.7 Å². The number of benzene rings is 2. The summed E-state index contributed by atoms with van der Waals surface area (Å²) in [7, 11) is -3.55. The summed E-state index contributed by atoms with van der Waals surface area (Å²) in [6, 6.07) is 12.4. The van der Waals surface area contributed by atoms with Crippen LogP contribution in [0.4, 0.5) is 10.1 Å². The largest absolute Gasteiger partial charge is 0.354 e. The van der Waals surface area contributed by atoms with Crippen molar-refractivity contribution in [1.29, 1.82) is 0 Å². The molecule has 35 heavy (non-hydrogen) atoms. The molecule has 2 aromatic rings. The molecule has 2 aromatic carbocycles. The summed E-state index contributed by atoms with van der Waals surface area (Å²) in [6.45, 7) is 6.10. The van der Waals surface area contributed by atoms with Crippen LogP contribution in [-0.4, -0.2) is 50.5 Å². The Morgan fingerprint density at radius 3 is 2.31 bits per heavy atom. The maximum Gasteiger partial charge on any atom is 0.242 e. The molecule has 0 aliphatic heterocycles. The molecule has 0 heterocycles. The number of nitrogens with one attached hydrogen (secondary N) is 1. The number of hydrogen-bond donors (Lipinski definition) is 1. The van der Waals surface area contributed by atoms with E-state index in [1.165, 1.54) is 15.3 Å². The first-order valence-corrected chi connectivity index (χ1v) is 13.7. The van der Waals surface area contributed by atoms with E-state index in [0.717, 1.165) is 24.7 Å². The summed E-state index contributed by atoms with van der Waals surface area (Å²) in [5.74, 6) is -1.10. The third-order valence-electron chi connectivity index (χ3n) is 5.77. The van der Waals surface area contributed by atoms with Crippen molar-refractivity contribution in [3.05, 3.63) is 65.5 Å². The summed E-state index contributed by atoms with van der Waals surface area (Å²) in [5.41, 5.74) is 1.84. The zero-order chi connectivity index (χ0) is 26.0. The van der Waals surface area contributed by atoms with Gasteiger partial charge in [-0.05, 0) is 44.9 Å². The highest BCUT2D eigenvalue weighted by atomic mass is 32.2. The number of nitrogens with zero attached hydrogens (tertiary/aromatic N) is 2. The average molecular weight is 506 g/mol. The number of carbonyl (C=O) groups excluding carboxylic acids is 2. The molecule has 0 aromatic heterocycles. The molecule has 2 amide bonds. The molecule has 0 saturated heterocycles. The van der Waals surface area contributed by atoms with E-state index in [0.29, 0.717) is 17.8 Å². The van der Waals surface area contributed by atoms with Gasteiger partial charge in [-0.25, -0.2) is 12.8 Å². The number of aryl methyl sites for hydroxylation is 1. The van der Waals surface area contributed by atoms with E-state index >= 15 is 0 Å². The van der Waals surface area contributed by atoms with Gasteiger partial charge in [0.05, 0.1) is 11.9 Å². The van der Waals surface area contributed by atoms with E-state index in [4.69, 9.17) is 0 Å². The summed E-state index contributed by atoms with van der Waals surface area (Å²) in [6.07, 6.45) is 3.13. The molecule has 0 spiro atoms. The SMILES string of the molecule is CCCCNC(=O)[C@H](C)N(Cc1ccccc1F)C(=O)CCCN(c1ccc(C)cc1)S(C)(=O)=O. The Hall–Kier alpha value is -2.94. The fraction of sp³-hybridized carbons (Fsp3) is 0.462. The molecule has 0 aliphatic rings. The third kappa shape index (κ3) is 8.65. The molecule has 1 N–H and O–H groups in total. The molecule has 0 saturated carbocycles. The zero-order valence-corrected chi connectivity index (χ0v) is 21.8. The lowest BCUT2D eigenvalue weighted by atomic mass is 10.1. The first-order chi connectivity index (χ1) is 16.5. The maximum absolute atomic E-state index is 14.3. The normalized spacial score (nSPS) is 12.1. The Morgan fingerprint density at radius 2 is 1.71 bits per heavy atom. The van der Waals surface area contributed by atoms with Crippen LogP contribution in [-0.2, 0) is 26.2 Å². The second-order valence-electron chi connectivity index (χ2n) is 8.71. The lowest BCUT2D eigenvalue weighted by Gasteiger charge is -2.29. The molecule has 0 bridgehead atoms. The Bertz CT molecular complexity index is 1090. The Labute approximate surface area is 208 Å². The van der Waals surface area contributed by atoms with Gasteiger partial charge in [-0.2, -0.15) is 0 Å². The number of hydrogen-bond acceptors (Lipinski definition) is 4. The molecular formula is C26H36FN3O4S. The summed E-state index contributed by atoms with van der Waals surface area (Å²) in [4.78, 5) is 27.2. The van der Waals surface area contributed by atoms with Gasteiger partial charge in [0, 0.05) is 31.6 Å². The van der Waals surface area contributed by atoms with Crippen LogP contribution in [0.15, 0.2) is 48.5 Å². The minimum absolute atomic E-state index is 0.0128. The van der Waals surface area contributed by atoms with Crippen molar-refractivity contribution in [2.75, 3.05) is 23.7 Å². The Kier molecular flexibility index (Phi) is 10.7. The van der Waals surface area contributed by atoms with E-state index in [9.17, 15) is 22.4 Å². The Balaban J connectivity index is 2.14. The van der Waals surface area contributed by atoms with Crippen molar-refractivity contribution in [2.24, 2.45) is 0 Å². The monoisotopic (exact) mass is 505 g/mol. The highest BCUT2D eigenvalue weighted by molar-refractivity contribution is 7.92. The van der Waals surface area contributed by atoms with Gasteiger partial charge >= 0.3 is 0 Å². The van der Waals surface area contributed by atoms with Gasteiger partial charge in [-0.1, -0.05) is 49.2 Å². The predicted molar refractivity (Wildman–Crippen MR) is 137 cm³/mol. The minimum Gasteiger partial charge on any atom is -0.354 e. The lowest BCUT2D eigenvalue weighted by molar-refractivity contribution is -0.140. The van der Waals surface area contributed by atoms with Gasteiger partial charge in [0.25, 0.3) is 0 Å². The Morgan fingerprint density at radius 1 is 1.06 bits per heavy atom. The molecule has 1 atom stereocenters. The van der Waals surface area contributed by atoms with E-state index in [-0.39, 0.29) is 37.7 Å². The first kappa shape index (κ1) is 28.3. The standard InChI is InChI=1S/C26H36FN3O4S/c1-5-6-17-28-26(32)21(3)29(19-22-10-7-8-11-24(22)27)25(31)12-9-18-30(35(4,33)34)23-15-13-20(2)14-16-23/h7-8,10-11,13-16,21H,5-6,9,12,17-19H2,1-4H3,(H,28,32)/t21-/m0/s1. The molecule has 9 heteroatoms. The van der Waals surface area contributed by atoms with Gasteiger partial charge in [0.2, 0.25) is 21.8 Å². The van der Waals surface area contributed by atoms with Crippen LogP contribution in [0.3, 0.4) is 0 Å². The van der Waals surface area contributed by atoms with Crippen molar-refractivity contribution in [1.82, 2.24) is 10.2 Å². The van der Waals surface area contributed by atoms with Gasteiger partial charge in [0.1, 0.15) is 11.9 Å². The van der Waals surface area contributed by atoms with Gasteiger partial charge in [-0.15, -0.1) is 0 Å². The molecule has 0 fully saturated rings. The van der Waals surface area contributed by atoms with E-state index in [2.05, 4.69) is 5.32 Å². The van der Waals surface area contributed by atoms with Crippen LogP contribution >= 0.6 is 0 Å². The van der Waals surface area contributed by atoms with Crippen LogP contribution in [0.1, 0.15) is 50.7 Å². The molecule has 0 radical (unpaired) electrons. The molecule has 7 nitrogen and oxygen atoms in total. The average Bonchev–Trinajstić information content (AvgIpc) is 2.81. The first-order valence-electron chi connectivity index (χ1n) is 11.9. The maximum atomic E-state index is 14.3. The third-order valence-corrected chi connectivity index (χ3v) is 6.96. The van der Waals surface area contributed by atoms with Crippen LogP contribution in [0.2, 0.25) is 0 Å². The van der Waals surface area contributed by atoms with Crippen molar-refractivity contribution < 1.29 is 22.4 Å². The van der Waals surface area contributed by atoms with E-state index in [1.807, 2.05) is 26.0 Å². The molecule has 192 valence electrons. The highest BCUT2D eigenvalue weighted by Gasteiger charge is 2.27. The fourth-order valence-corrected chi connectivity index (χ4v) is 4.61. The second kappa shape index (κ2) is 13.2. The smallest absolute Gasteiger partial charge is 0.242 e. The quantitative estimate of drug-likeness (QED) is 0.417. The predicted octanol–water partition coefficient (Wildman–Crippen LogP) is 4.01. The van der Waals surface area contributed by atoms with Crippen molar-refractivity contribution in [2.45, 2.75) is 59.0 Å². The van der Waals surface area contributed by atoms with E-state index < -0.39 is 21.9 Å². The second-order valence-corrected chi connectivity index (χ2v) is 10.6. The summed E-state index contributed by atoms with van der Waals surface area (Å²) < 4.78 is 40.3. The number of rotatable bonds is 13.